The Hall–Kier alpha value is -1.65. The van der Waals surface area contributed by atoms with Crippen LogP contribution in [0, 0.1) is 17.6 Å². The van der Waals surface area contributed by atoms with Gasteiger partial charge in [0.05, 0.1) is 11.3 Å². The van der Waals surface area contributed by atoms with Gasteiger partial charge in [-0.25, -0.2) is 8.78 Å². The fourth-order valence-corrected chi connectivity index (χ4v) is 1.70. The minimum atomic E-state index is -0.903. The summed E-state index contributed by atoms with van der Waals surface area (Å²) in [7, 11) is 0. The van der Waals surface area contributed by atoms with Gasteiger partial charge < -0.3 is 11.1 Å². The summed E-state index contributed by atoms with van der Waals surface area (Å²) in [5.41, 5.74) is 4.87. The SMILES string of the molecule is CC(C)CCC(C)NC(=O)c1cc(N)c(F)cc1F. The van der Waals surface area contributed by atoms with Crippen LogP contribution < -0.4 is 11.1 Å². The number of nitrogens with two attached hydrogens (primary N) is 1. The monoisotopic (exact) mass is 270 g/mol. The Labute approximate surface area is 112 Å². The molecule has 106 valence electrons. The molecule has 3 nitrogen and oxygen atoms in total. The first-order valence-corrected chi connectivity index (χ1v) is 6.36. The quantitative estimate of drug-likeness (QED) is 0.808. The first-order chi connectivity index (χ1) is 8.81. The van der Waals surface area contributed by atoms with Gasteiger partial charge in [0.2, 0.25) is 0 Å². The molecule has 0 bridgehead atoms. The summed E-state index contributed by atoms with van der Waals surface area (Å²) >= 11 is 0. The van der Waals surface area contributed by atoms with Gasteiger partial charge in [0, 0.05) is 12.1 Å². The third-order valence-electron chi connectivity index (χ3n) is 2.89. The van der Waals surface area contributed by atoms with Crippen molar-refractivity contribution in [3.63, 3.8) is 0 Å². The lowest BCUT2D eigenvalue weighted by Gasteiger charge is -2.15. The average molecular weight is 270 g/mol. The van der Waals surface area contributed by atoms with Crippen LogP contribution in [0.5, 0.6) is 0 Å². The van der Waals surface area contributed by atoms with E-state index in [0.29, 0.717) is 12.0 Å². The van der Waals surface area contributed by atoms with Gasteiger partial charge in [-0.1, -0.05) is 13.8 Å². The molecule has 0 aliphatic carbocycles. The van der Waals surface area contributed by atoms with Gasteiger partial charge in [0.25, 0.3) is 5.91 Å². The predicted octanol–water partition coefficient (Wildman–Crippen LogP) is 3.10. The standard InChI is InChI=1S/C14H20F2N2O/c1-8(2)4-5-9(3)18-14(19)10-6-13(17)12(16)7-11(10)15/h6-9H,4-5,17H2,1-3H3,(H,18,19). The summed E-state index contributed by atoms with van der Waals surface area (Å²) in [4.78, 5) is 11.9. The van der Waals surface area contributed by atoms with E-state index in [2.05, 4.69) is 19.2 Å². The molecule has 1 unspecified atom stereocenters. The van der Waals surface area contributed by atoms with Crippen LogP contribution in [-0.2, 0) is 0 Å². The Morgan fingerprint density at radius 3 is 2.42 bits per heavy atom. The van der Waals surface area contributed by atoms with Crippen molar-refractivity contribution in [1.29, 1.82) is 0 Å². The van der Waals surface area contributed by atoms with E-state index in [0.717, 1.165) is 18.9 Å². The third kappa shape index (κ3) is 4.50. The molecule has 0 aliphatic heterocycles. The largest absolute Gasteiger partial charge is 0.396 e. The topological polar surface area (TPSA) is 55.1 Å². The number of benzene rings is 1. The van der Waals surface area contributed by atoms with E-state index in [4.69, 9.17) is 5.73 Å². The van der Waals surface area contributed by atoms with Crippen molar-refractivity contribution in [2.24, 2.45) is 5.92 Å². The zero-order chi connectivity index (χ0) is 14.6. The number of nitrogen functional groups attached to an aromatic ring is 1. The van der Waals surface area contributed by atoms with Crippen LogP contribution in [0.15, 0.2) is 12.1 Å². The van der Waals surface area contributed by atoms with Gasteiger partial charge in [-0.2, -0.15) is 0 Å². The van der Waals surface area contributed by atoms with Crippen molar-refractivity contribution in [1.82, 2.24) is 5.32 Å². The first-order valence-electron chi connectivity index (χ1n) is 6.36. The molecular weight excluding hydrogens is 250 g/mol. The maximum Gasteiger partial charge on any atom is 0.254 e. The highest BCUT2D eigenvalue weighted by Crippen LogP contribution is 2.17. The number of nitrogens with one attached hydrogen (secondary N) is 1. The van der Waals surface area contributed by atoms with Gasteiger partial charge in [-0.3, -0.25) is 4.79 Å². The molecule has 1 rings (SSSR count). The van der Waals surface area contributed by atoms with E-state index in [1.54, 1.807) is 0 Å². The average Bonchev–Trinajstić information content (AvgIpc) is 2.31. The smallest absolute Gasteiger partial charge is 0.254 e. The third-order valence-corrected chi connectivity index (χ3v) is 2.89. The minimum Gasteiger partial charge on any atom is -0.396 e. The molecule has 19 heavy (non-hydrogen) atoms. The molecule has 3 N–H and O–H groups in total. The number of halogens is 2. The lowest BCUT2D eigenvalue weighted by molar-refractivity contribution is 0.0933. The molecule has 0 aliphatic rings. The molecule has 0 saturated carbocycles. The highest BCUT2D eigenvalue weighted by Gasteiger charge is 2.16. The van der Waals surface area contributed by atoms with Gasteiger partial charge in [-0.15, -0.1) is 0 Å². The normalized spacial score (nSPS) is 12.5. The maximum atomic E-state index is 13.5. The number of hydrogen-bond donors (Lipinski definition) is 2. The molecular formula is C14H20F2N2O. The van der Waals surface area contributed by atoms with Crippen LogP contribution in [0.3, 0.4) is 0 Å². The number of carbonyl (C=O) groups excluding carboxylic acids is 1. The Balaban J connectivity index is 2.70. The van der Waals surface area contributed by atoms with E-state index in [-0.39, 0.29) is 17.3 Å². The van der Waals surface area contributed by atoms with Crippen LogP contribution >= 0.6 is 0 Å². The molecule has 0 saturated heterocycles. The van der Waals surface area contributed by atoms with E-state index in [9.17, 15) is 13.6 Å². The van der Waals surface area contributed by atoms with Crippen LogP contribution in [0.2, 0.25) is 0 Å². The van der Waals surface area contributed by atoms with Crippen LogP contribution in [0.25, 0.3) is 0 Å². The Morgan fingerprint density at radius 2 is 1.84 bits per heavy atom. The summed E-state index contributed by atoms with van der Waals surface area (Å²) in [6.45, 7) is 6.04. The molecule has 1 aromatic carbocycles. The molecule has 0 fully saturated rings. The van der Waals surface area contributed by atoms with Crippen LogP contribution in [0.4, 0.5) is 14.5 Å². The van der Waals surface area contributed by atoms with E-state index < -0.39 is 17.5 Å². The highest BCUT2D eigenvalue weighted by atomic mass is 19.1. The number of hydrogen-bond acceptors (Lipinski definition) is 2. The van der Waals surface area contributed by atoms with E-state index in [1.807, 2.05) is 6.92 Å². The van der Waals surface area contributed by atoms with Crippen molar-refractivity contribution in [2.75, 3.05) is 5.73 Å². The van der Waals surface area contributed by atoms with Gasteiger partial charge in [0.1, 0.15) is 11.6 Å². The summed E-state index contributed by atoms with van der Waals surface area (Å²) in [6.07, 6.45) is 1.77. The molecule has 1 atom stereocenters. The van der Waals surface area contributed by atoms with Crippen molar-refractivity contribution in [3.8, 4) is 0 Å². The molecule has 1 aromatic rings. The second-order valence-electron chi connectivity index (χ2n) is 5.20. The minimum absolute atomic E-state index is 0.0689. The first kappa shape index (κ1) is 15.4. The maximum absolute atomic E-state index is 13.5. The fourth-order valence-electron chi connectivity index (χ4n) is 1.70. The van der Waals surface area contributed by atoms with E-state index in [1.165, 1.54) is 0 Å². The van der Waals surface area contributed by atoms with Crippen molar-refractivity contribution >= 4 is 11.6 Å². The Morgan fingerprint density at radius 1 is 1.21 bits per heavy atom. The van der Waals surface area contributed by atoms with Gasteiger partial charge in [-0.05, 0) is 31.7 Å². The zero-order valence-electron chi connectivity index (χ0n) is 11.5. The number of carbonyl (C=O) groups is 1. The second kappa shape index (κ2) is 6.50. The summed E-state index contributed by atoms with van der Waals surface area (Å²) < 4.78 is 26.5. The lowest BCUT2D eigenvalue weighted by atomic mass is 10.0. The van der Waals surface area contributed by atoms with E-state index >= 15 is 0 Å². The molecule has 0 spiro atoms. The van der Waals surface area contributed by atoms with Crippen molar-refractivity contribution in [2.45, 2.75) is 39.7 Å². The molecule has 1 amide bonds. The molecule has 5 heteroatoms. The predicted molar refractivity (Wildman–Crippen MR) is 71.8 cm³/mol. The molecule has 0 radical (unpaired) electrons. The number of anilines is 1. The molecule has 0 heterocycles. The summed E-state index contributed by atoms with van der Waals surface area (Å²) in [5, 5.41) is 2.68. The summed E-state index contributed by atoms with van der Waals surface area (Å²) in [6, 6.07) is 1.58. The lowest BCUT2D eigenvalue weighted by Crippen LogP contribution is -2.33. The fraction of sp³-hybridized carbons (Fsp3) is 0.500. The zero-order valence-corrected chi connectivity index (χ0v) is 11.5. The highest BCUT2D eigenvalue weighted by molar-refractivity contribution is 5.95. The van der Waals surface area contributed by atoms with Gasteiger partial charge >= 0.3 is 0 Å². The van der Waals surface area contributed by atoms with Crippen molar-refractivity contribution < 1.29 is 13.6 Å². The number of amides is 1. The van der Waals surface area contributed by atoms with Crippen LogP contribution in [-0.4, -0.2) is 11.9 Å². The molecule has 0 aromatic heterocycles. The van der Waals surface area contributed by atoms with Gasteiger partial charge in [0.15, 0.2) is 0 Å². The van der Waals surface area contributed by atoms with Crippen molar-refractivity contribution in [3.05, 3.63) is 29.3 Å². The second-order valence-corrected chi connectivity index (χ2v) is 5.20. The Bertz CT molecular complexity index is 461. The summed E-state index contributed by atoms with van der Waals surface area (Å²) in [5.74, 6) is -1.79. The Kier molecular flexibility index (Phi) is 5.27. The van der Waals surface area contributed by atoms with Crippen LogP contribution in [0.1, 0.15) is 44.0 Å². The number of rotatable bonds is 5.